The van der Waals surface area contributed by atoms with E-state index < -0.39 is 0 Å². The maximum atomic E-state index is 6.25. The van der Waals surface area contributed by atoms with E-state index in [-0.39, 0.29) is 6.04 Å². The Balaban J connectivity index is 2.13. The molecule has 1 unspecified atom stereocenters. The molecule has 0 saturated carbocycles. The quantitative estimate of drug-likeness (QED) is 0.889. The Bertz CT molecular complexity index is 582. The third-order valence-corrected chi connectivity index (χ3v) is 4.24. The Morgan fingerprint density at radius 3 is 2.80 bits per heavy atom. The van der Waals surface area contributed by atoms with Crippen molar-refractivity contribution in [2.75, 3.05) is 0 Å². The number of hydrogen-bond acceptors (Lipinski definition) is 3. The maximum Gasteiger partial charge on any atom is 0.138 e. The van der Waals surface area contributed by atoms with Gasteiger partial charge in [-0.3, -0.25) is 0 Å². The Hall–Kier alpha value is -0.910. The van der Waals surface area contributed by atoms with Crippen molar-refractivity contribution in [3.63, 3.8) is 0 Å². The van der Waals surface area contributed by atoms with Gasteiger partial charge in [-0.05, 0) is 39.5 Å². The van der Waals surface area contributed by atoms with E-state index in [2.05, 4.69) is 39.9 Å². The molecule has 2 rings (SSSR count). The number of halogens is 2. The van der Waals surface area contributed by atoms with E-state index in [1.54, 1.807) is 6.33 Å². The lowest BCUT2D eigenvalue weighted by molar-refractivity contribution is 0.459. The topological polar surface area (TPSA) is 56.7 Å². The first-order valence-electron chi connectivity index (χ1n) is 6.54. The summed E-state index contributed by atoms with van der Waals surface area (Å²) in [6.45, 7) is 5.16. The molecule has 0 amide bonds. The van der Waals surface area contributed by atoms with Gasteiger partial charge in [0.1, 0.15) is 12.2 Å². The van der Waals surface area contributed by atoms with Gasteiger partial charge in [0.05, 0.1) is 5.02 Å². The average molecular weight is 358 g/mol. The van der Waals surface area contributed by atoms with Gasteiger partial charge in [-0.2, -0.15) is 5.10 Å². The molecule has 108 valence electrons. The van der Waals surface area contributed by atoms with Crippen molar-refractivity contribution in [2.24, 2.45) is 11.7 Å². The van der Waals surface area contributed by atoms with Crippen LogP contribution in [0.15, 0.2) is 29.0 Å². The number of rotatable bonds is 5. The second kappa shape index (κ2) is 6.70. The number of hydrogen-bond donors (Lipinski definition) is 1. The molecule has 2 aromatic rings. The zero-order valence-electron chi connectivity index (χ0n) is 11.6. The highest BCUT2D eigenvalue weighted by Crippen LogP contribution is 2.26. The number of nitrogens with zero attached hydrogens (tertiary/aromatic N) is 3. The molecule has 0 fully saturated rings. The van der Waals surface area contributed by atoms with Crippen LogP contribution in [0, 0.1) is 5.92 Å². The van der Waals surface area contributed by atoms with Gasteiger partial charge in [0.15, 0.2) is 0 Å². The summed E-state index contributed by atoms with van der Waals surface area (Å²) in [4.78, 5) is 4.30. The lowest BCUT2D eigenvalue weighted by atomic mass is 10.0. The van der Waals surface area contributed by atoms with E-state index in [1.165, 1.54) is 0 Å². The van der Waals surface area contributed by atoms with Crippen LogP contribution in [0.3, 0.4) is 0 Å². The Labute approximate surface area is 132 Å². The van der Waals surface area contributed by atoms with Gasteiger partial charge in [-0.25, -0.2) is 9.67 Å². The van der Waals surface area contributed by atoms with E-state index in [1.807, 2.05) is 22.9 Å². The van der Waals surface area contributed by atoms with Crippen molar-refractivity contribution < 1.29 is 0 Å². The maximum absolute atomic E-state index is 6.25. The second-order valence-corrected chi connectivity index (χ2v) is 6.50. The Kier molecular flexibility index (Phi) is 5.18. The van der Waals surface area contributed by atoms with Crippen LogP contribution in [0.25, 0.3) is 0 Å². The van der Waals surface area contributed by atoms with E-state index in [0.717, 1.165) is 22.4 Å². The fourth-order valence-electron chi connectivity index (χ4n) is 2.00. The van der Waals surface area contributed by atoms with Gasteiger partial charge >= 0.3 is 0 Å². The van der Waals surface area contributed by atoms with Crippen LogP contribution in [0.4, 0.5) is 0 Å². The largest absolute Gasteiger partial charge is 0.324 e. The molecule has 1 atom stereocenters. The predicted octanol–water partition coefficient (Wildman–Crippen LogP) is 3.59. The standard InChI is InChI=1S/C14H18BrClN4/c1-9(2)7-20-14(18-8-19-20)6-13(17)10-3-4-11(15)12(16)5-10/h3-5,8-9,13H,6-7,17H2,1-2H3. The molecule has 6 heteroatoms. The number of benzene rings is 1. The summed E-state index contributed by atoms with van der Waals surface area (Å²) in [5.41, 5.74) is 7.25. The summed E-state index contributed by atoms with van der Waals surface area (Å²) in [5.74, 6) is 1.43. The SMILES string of the molecule is CC(C)Cn1ncnc1CC(N)c1ccc(Br)c(Cl)c1. The molecule has 1 aromatic heterocycles. The monoisotopic (exact) mass is 356 g/mol. The van der Waals surface area contributed by atoms with Gasteiger partial charge in [-0.15, -0.1) is 0 Å². The van der Waals surface area contributed by atoms with Crippen LogP contribution in [-0.2, 0) is 13.0 Å². The molecule has 4 nitrogen and oxygen atoms in total. The van der Waals surface area contributed by atoms with Crippen molar-refractivity contribution in [3.05, 3.63) is 45.4 Å². The molecule has 0 radical (unpaired) electrons. The summed E-state index contributed by atoms with van der Waals surface area (Å²) in [7, 11) is 0. The number of nitrogens with two attached hydrogens (primary N) is 1. The molecular weight excluding hydrogens is 340 g/mol. The molecule has 20 heavy (non-hydrogen) atoms. The van der Waals surface area contributed by atoms with Crippen molar-refractivity contribution in [2.45, 2.75) is 32.9 Å². The highest BCUT2D eigenvalue weighted by atomic mass is 79.9. The van der Waals surface area contributed by atoms with Crippen molar-refractivity contribution in [1.29, 1.82) is 0 Å². The fourth-order valence-corrected chi connectivity index (χ4v) is 2.44. The van der Waals surface area contributed by atoms with E-state index in [0.29, 0.717) is 17.4 Å². The number of aromatic nitrogens is 3. The zero-order valence-corrected chi connectivity index (χ0v) is 13.9. The van der Waals surface area contributed by atoms with Crippen molar-refractivity contribution in [1.82, 2.24) is 14.8 Å². The Morgan fingerprint density at radius 1 is 1.40 bits per heavy atom. The Morgan fingerprint density at radius 2 is 2.15 bits per heavy atom. The van der Waals surface area contributed by atoms with E-state index >= 15 is 0 Å². The highest BCUT2D eigenvalue weighted by molar-refractivity contribution is 9.10. The third kappa shape index (κ3) is 3.81. The zero-order chi connectivity index (χ0) is 14.7. The third-order valence-electron chi connectivity index (χ3n) is 3.01. The molecule has 0 aliphatic heterocycles. The smallest absolute Gasteiger partial charge is 0.138 e. The van der Waals surface area contributed by atoms with Crippen LogP contribution in [-0.4, -0.2) is 14.8 Å². The minimum absolute atomic E-state index is 0.143. The van der Waals surface area contributed by atoms with Crippen LogP contribution in [0.5, 0.6) is 0 Å². The fraction of sp³-hybridized carbons (Fsp3) is 0.429. The van der Waals surface area contributed by atoms with Crippen LogP contribution in [0.2, 0.25) is 5.02 Å². The lowest BCUT2D eigenvalue weighted by Gasteiger charge is -2.14. The van der Waals surface area contributed by atoms with Gasteiger partial charge in [0.2, 0.25) is 0 Å². The normalized spacial score (nSPS) is 12.9. The van der Waals surface area contributed by atoms with Gasteiger partial charge in [-0.1, -0.05) is 31.5 Å². The minimum Gasteiger partial charge on any atom is -0.324 e. The highest BCUT2D eigenvalue weighted by Gasteiger charge is 2.13. The van der Waals surface area contributed by atoms with Gasteiger partial charge < -0.3 is 5.73 Å². The predicted molar refractivity (Wildman–Crippen MR) is 84.6 cm³/mol. The van der Waals surface area contributed by atoms with Crippen LogP contribution in [0.1, 0.15) is 31.3 Å². The van der Waals surface area contributed by atoms with Crippen molar-refractivity contribution in [3.8, 4) is 0 Å². The molecule has 0 saturated heterocycles. The summed E-state index contributed by atoms with van der Waals surface area (Å²) in [6.07, 6.45) is 2.23. The summed E-state index contributed by atoms with van der Waals surface area (Å²) < 4.78 is 2.79. The molecule has 0 aliphatic rings. The van der Waals surface area contributed by atoms with Crippen molar-refractivity contribution >= 4 is 27.5 Å². The summed E-state index contributed by atoms with van der Waals surface area (Å²) in [6, 6.07) is 5.63. The first-order valence-corrected chi connectivity index (χ1v) is 7.71. The van der Waals surface area contributed by atoms with E-state index in [9.17, 15) is 0 Å². The minimum atomic E-state index is -0.143. The molecule has 1 heterocycles. The molecular formula is C14H18BrClN4. The second-order valence-electron chi connectivity index (χ2n) is 5.24. The van der Waals surface area contributed by atoms with Crippen LogP contribution >= 0.6 is 27.5 Å². The van der Waals surface area contributed by atoms with Crippen LogP contribution < -0.4 is 5.73 Å². The summed E-state index contributed by atoms with van der Waals surface area (Å²) >= 11 is 9.48. The molecule has 1 aromatic carbocycles. The summed E-state index contributed by atoms with van der Waals surface area (Å²) in [5, 5.41) is 4.92. The first-order chi connectivity index (χ1) is 9.47. The molecule has 0 bridgehead atoms. The van der Waals surface area contributed by atoms with Gasteiger partial charge in [0, 0.05) is 23.5 Å². The van der Waals surface area contributed by atoms with E-state index in [4.69, 9.17) is 17.3 Å². The average Bonchev–Trinajstić information content (AvgIpc) is 2.79. The molecule has 0 aliphatic carbocycles. The first kappa shape index (κ1) is 15.5. The lowest BCUT2D eigenvalue weighted by Crippen LogP contribution is -2.18. The molecule has 2 N–H and O–H groups in total. The molecule has 0 spiro atoms. The van der Waals surface area contributed by atoms with Gasteiger partial charge in [0.25, 0.3) is 0 Å².